The number of nitrogens with one attached hydrogen (secondary N) is 1. The summed E-state index contributed by atoms with van der Waals surface area (Å²) in [6, 6.07) is 10.4. The van der Waals surface area contributed by atoms with Gasteiger partial charge in [-0.2, -0.15) is 5.10 Å². The van der Waals surface area contributed by atoms with Crippen LogP contribution < -0.4 is 14.9 Å². The predicted molar refractivity (Wildman–Crippen MR) is 86.9 cm³/mol. The summed E-state index contributed by atoms with van der Waals surface area (Å²) in [5.41, 5.74) is 2.04. The number of rotatable bonds is 4. The van der Waals surface area contributed by atoms with Gasteiger partial charge in [0, 0.05) is 6.07 Å². The molecule has 1 aliphatic rings. The number of phenols is 1. The van der Waals surface area contributed by atoms with E-state index in [0.29, 0.717) is 11.5 Å². The molecule has 2 aromatic rings. The maximum Gasteiger partial charge on any atom is 0.284 e. The number of carbonyl (C=O) groups is 1. The van der Waals surface area contributed by atoms with Crippen molar-refractivity contribution in [1.82, 2.24) is 5.43 Å². The molecule has 0 spiro atoms. The molecule has 0 radical (unpaired) electrons. The molecule has 9 heteroatoms. The monoisotopic (exact) mass is 343 g/mol. The molecule has 2 N–H and O–H groups in total. The smallest absolute Gasteiger partial charge is 0.284 e. The number of aromatic hydroxyl groups is 1. The summed E-state index contributed by atoms with van der Waals surface area (Å²) >= 11 is 0. The van der Waals surface area contributed by atoms with Gasteiger partial charge in [-0.05, 0) is 24.3 Å². The molecule has 0 bridgehead atoms. The van der Waals surface area contributed by atoms with E-state index < -0.39 is 16.9 Å². The predicted octanol–water partition coefficient (Wildman–Crippen LogP) is 1.59. The Morgan fingerprint density at radius 1 is 1.32 bits per heavy atom. The van der Waals surface area contributed by atoms with Gasteiger partial charge >= 0.3 is 0 Å². The molecule has 128 valence electrons. The van der Waals surface area contributed by atoms with Crippen LogP contribution in [-0.2, 0) is 4.79 Å². The number of ether oxygens (including phenoxy) is 2. The minimum atomic E-state index is -0.897. The van der Waals surface area contributed by atoms with Gasteiger partial charge < -0.3 is 14.6 Å². The van der Waals surface area contributed by atoms with Gasteiger partial charge in [0.25, 0.3) is 11.6 Å². The van der Waals surface area contributed by atoms with E-state index in [-0.39, 0.29) is 23.6 Å². The molecular weight excluding hydrogens is 330 g/mol. The zero-order chi connectivity index (χ0) is 17.8. The molecule has 1 atom stereocenters. The molecular formula is C16H13N3O6. The van der Waals surface area contributed by atoms with Crippen molar-refractivity contribution in [2.45, 2.75) is 6.10 Å². The number of nitro groups is 1. The lowest BCUT2D eigenvalue weighted by Gasteiger charge is -2.24. The van der Waals surface area contributed by atoms with Crippen molar-refractivity contribution in [3.63, 3.8) is 0 Å². The summed E-state index contributed by atoms with van der Waals surface area (Å²) in [5, 5.41) is 24.0. The Bertz CT molecular complexity index is 852. The Kier molecular flexibility index (Phi) is 4.46. The Hall–Kier alpha value is -3.62. The first-order valence-electron chi connectivity index (χ1n) is 7.23. The van der Waals surface area contributed by atoms with Crippen LogP contribution in [-0.4, -0.2) is 34.9 Å². The van der Waals surface area contributed by atoms with E-state index in [1.165, 1.54) is 12.1 Å². The van der Waals surface area contributed by atoms with Crippen molar-refractivity contribution in [2.24, 2.45) is 5.10 Å². The molecule has 0 fully saturated rings. The van der Waals surface area contributed by atoms with E-state index in [4.69, 9.17) is 9.47 Å². The standard InChI is InChI=1S/C16H13N3O6/c20-11-5-6-12(19(22)23)10(7-11)8-17-18-16(21)15-9-24-13-3-1-2-4-14(13)25-15/h1-8,15,20H,9H2,(H,18,21)/b17-8-/t15-/m1/s1. The van der Waals surface area contributed by atoms with Gasteiger partial charge in [-0.1, -0.05) is 12.1 Å². The number of amides is 1. The minimum absolute atomic E-state index is 0.0185. The van der Waals surface area contributed by atoms with Crippen LogP contribution >= 0.6 is 0 Å². The van der Waals surface area contributed by atoms with Gasteiger partial charge in [0.2, 0.25) is 6.10 Å². The lowest BCUT2D eigenvalue weighted by atomic mass is 10.2. The molecule has 0 saturated heterocycles. The van der Waals surface area contributed by atoms with E-state index in [1.54, 1.807) is 24.3 Å². The second-order valence-corrected chi connectivity index (χ2v) is 5.10. The topological polar surface area (TPSA) is 123 Å². The van der Waals surface area contributed by atoms with Crippen molar-refractivity contribution in [1.29, 1.82) is 0 Å². The van der Waals surface area contributed by atoms with Crippen molar-refractivity contribution < 1.29 is 24.3 Å². The number of nitro benzene ring substituents is 1. The van der Waals surface area contributed by atoms with Crippen LogP contribution in [0.25, 0.3) is 0 Å². The largest absolute Gasteiger partial charge is 0.508 e. The molecule has 3 rings (SSSR count). The SMILES string of the molecule is O=C(N/N=C\c1cc(O)ccc1[N+](=O)[O-])[C@H]1COc2ccccc2O1. The van der Waals surface area contributed by atoms with Crippen LogP contribution in [0, 0.1) is 10.1 Å². The normalized spacial score (nSPS) is 15.8. The van der Waals surface area contributed by atoms with Gasteiger partial charge in [-0.25, -0.2) is 5.43 Å². The van der Waals surface area contributed by atoms with Crippen molar-refractivity contribution >= 4 is 17.8 Å². The average Bonchev–Trinajstić information content (AvgIpc) is 2.61. The highest BCUT2D eigenvalue weighted by molar-refractivity contribution is 5.88. The van der Waals surface area contributed by atoms with E-state index in [2.05, 4.69) is 10.5 Å². The highest BCUT2D eigenvalue weighted by atomic mass is 16.6. The number of carbonyl (C=O) groups excluding carboxylic acids is 1. The minimum Gasteiger partial charge on any atom is -0.508 e. The zero-order valence-corrected chi connectivity index (χ0v) is 12.8. The van der Waals surface area contributed by atoms with Crippen LogP contribution in [0.1, 0.15) is 5.56 Å². The summed E-state index contributed by atoms with van der Waals surface area (Å²) in [5.74, 6) is 0.277. The highest BCUT2D eigenvalue weighted by Gasteiger charge is 2.27. The fourth-order valence-electron chi connectivity index (χ4n) is 2.20. The number of hydrazone groups is 1. The zero-order valence-electron chi connectivity index (χ0n) is 12.8. The first-order chi connectivity index (χ1) is 12.0. The van der Waals surface area contributed by atoms with Crippen LogP contribution in [0.4, 0.5) is 5.69 Å². The molecule has 0 unspecified atom stereocenters. The molecule has 1 heterocycles. The lowest BCUT2D eigenvalue weighted by Crippen LogP contribution is -2.42. The molecule has 1 amide bonds. The Morgan fingerprint density at radius 2 is 2.08 bits per heavy atom. The lowest BCUT2D eigenvalue weighted by molar-refractivity contribution is -0.385. The molecule has 9 nitrogen and oxygen atoms in total. The van der Waals surface area contributed by atoms with Crippen molar-refractivity contribution in [3.8, 4) is 17.2 Å². The molecule has 0 aliphatic carbocycles. The molecule has 25 heavy (non-hydrogen) atoms. The van der Waals surface area contributed by atoms with Gasteiger partial charge in [-0.3, -0.25) is 14.9 Å². The maximum atomic E-state index is 12.1. The quantitative estimate of drug-likeness (QED) is 0.494. The van der Waals surface area contributed by atoms with Crippen LogP contribution in [0.15, 0.2) is 47.6 Å². The summed E-state index contributed by atoms with van der Waals surface area (Å²) in [6.45, 7) is 0.0185. The molecule has 1 aliphatic heterocycles. The third-order valence-electron chi connectivity index (χ3n) is 3.39. The first-order valence-corrected chi connectivity index (χ1v) is 7.23. The summed E-state index contributed by atoms with van der Waals surface area (Å²) in [7, 11) is 0. The second-order valence-electron chi connectivity index (χ2n) is 5.10. The number of benzene rings is 2. The molecule has 2 aromatic carbocycles. The van der Waals surface area contributed by atoms with Gasteiger partial charge in [0.05, 0.1) is 16.7 Å². The van der Waals surface area contributed by atoms with Crippen molar-refractivity contribution in [3.05, 3.63) is 58.1 Å². The number of fused-ring (bicyclic) bond motifs is 1. The van der Waals surface area contributed by atoms with Crippen molar-refractivity contribution in [2.75, 3.05) is 6.61 Å². The van der Waals surface area contributed by atoms with Gasteiger partial charge in [0.1, 0.15) is 12.4 Å². The number of hydrogen-bond acceptors (Lipinski definition) is 7. The Labute approximate surface area is 141 Å². The Morgan fingerprint density at radius 3 is 2.84 bits per heavy atom. The summed E-state index contributed by atoms with van der Waals surface area (Å²) in [6.07, 6.45) is 0.180. The number of para-hydroxylation sites is 2. The summed E-state index contributed by atoms with van der Waals surface area (Å²) < 4.78 is 10.9. The fraction of sp³-hybridized carbons (Fsp3) is 0.125. The molecule has 0 aromatic heterocycles. The van der Waals surface area contributed by atoms with Crippen LogP contribution in [0.5, 0.6) is 17.2 Å². The molecule has 0 saturated carbocycles. The van der Waals surface area contributed by atoms with E-state index in [0.717, 1.165) is 12.3 Å². The number of nitrogens with zero attached hydrogens (tertiary/aromatic N) is 2. The average molecular weight is 343 g/mol. The third kappa shape index (κ3) is 3.66. The Balaban J connectivity index is 1.66. The maximum absolute atomic E-state index is 12.1. The number of phenolic OH excluding ortho intramolecular Hbond substituents is 1. The third-order valence-corrected chi connectivity index (χ3v) is 3.39. The summed E-state index contributed by atoms with van der Waals surface area (Å²) in [4.78, 5) is 22.4. The van der Waals surface area contributed by atoms with E-state index in [9.17, 15) is 20.0 Å². The first kappa shape index (κ1) is 16.2. The highest BCUT2D eigenvalue weighted by Crippen LogP contribution is 2.30. The fourth-order valence-corrected chi connectivity index (χ4v) is 2.20. The van der Waals surface area contributed by atoms with E-state index >= 15 is 0 Å². The van der Waals surface area contributed by atoms with Gasteiger partial charge in [-0.15, -0.1) is 0 Å². The van der Waals surface area contributed by atoms with Crippen LogP contribution in [0.3, 0.4) is 0 Å². The van der Waals surface area contributed by atoms with E-state index in [1.807, 2.05) is 0 Å². The van der Waals surface area contributed by atoms with Crippen LogP contribution in [0.2, 0.25) is 0 Å². The second kappa shape index (κ2) is 6.87. The van der Waals surface area contributed by atoms with Gasteiger partial charge in [0.15, 0.2) is 11.5 Å². The number of hydrogen-bond donors (Lipinski definition) is 2.